The Balaban J connectivity index is 2.39. The third-order valence-corrected chi connectivity index (χ3v) is 3.72. The second kappa shape index (κ2) is 6.29. The van der Waals surface area contributed by atoms with Gasteiger partial charge in [-0.15, -0.1) is 0 Å². The van der Waals surface area contributed by atoms with Crippen LogP contribution in [0.3, 0.4) is 0 Å². The molecule has 0 spiro atoms. The highest BCUT2D eigenvalue weighted by Gasteiger charge is 2.16. The molecule has 0 atom stereocenters. The molecule has 0 saturated heterocycles. The molecule has 2 nitrogen and oxygen atoms in total. The van der Waals surface area contributed by atoms with Crippen molar-refractivity contribution in [3.8, 4) is 5.75 Å². The van der Waals surface area contributed by atoms with E-state index in [1.807, 2.05) is 12.1 Å². The molecule has 0 amide bonds. The number of ketones is 1. The van der Waals surface area contributed by atoms with Crippen LogP contribution in [0.15, 0.2) is 36.4 Å². The van der Waals surface area contributed by atoms with Crippen LogP contribution in [0.2, 0.25) is 10.0 Å². The van der Waals surface area contributed by atoms with Crippen molar-refractivity contribution in [3.63, 3.8) is 0 Å². The van der Waals surface area contributed by atoms with Gasteiger partial charge in [0.1, 0.15) is 5.75 Å². The smallest absolute Gasteiger partial charge is 0.194 e. The Morgan fingerprint density at radius 2 is 1.75 bits per heavy atom. The average Bonchev–Trinajstić information content (AvgIpc) is 2.48. The van der Waals surface area contributed by atoms with Crippen molar-refractivity contribution in [2.45, 2.75) is 13.3 Å². The molecule has 2 aromatic carbocycles. The van der Waals surface area contributed by atoms with Crippen molar-refractivity contribution in [1.29, 1.82) is 0 Å². The van der Waals surface area contributed by atoms with Crippen molar-refractivity contribution in [2.75, 3.05) is 7.11 Å². The van der Waals surface area contributed by atoms with Crippen molar-refractivity contribution >= 4 is 29.0 Å². The van der Waals surface area contributed by atoms with E-state index in [9.17, 15) is 4.79 Å². The molecule has 20 heavy (non-hydrogen) atoms. The predicted octanol–water partition coefficient (Wildman–Crippen LogP) is 4.80. The molecule has 2 rings (SSSR count). The molecule has 0 radical (unpaired) electrons. The van der Waals surface area contributed by atoms with E-state index in [2.05, 4.69) is 6.92 Å². The molecule has 4 heteroatoms. The first kappa shape index (κ1) is 14.9. The van der Waals surface area contributed by atoms with Crippen molar-refractivity contribution < 1.29 is 9.53 Å². The summed E-state index contributed by atoms with van der Waals surface area (Å²) in [5.74, 6) is 0.303. The Morgan fingerprint density at radius 3 is 2.30 bits per heavy atom. The summed E-state index contributed by atoms with van der Waals surface area (Å²) in [5.41, 5.74) is 2.15. The summed E-state index contributed by atoms with van der Waals surface area (Å²) in [4.78, 5) is 12.4. The molecule has 0 aliphatic carbocycles. The van der Waals surface area contributed by atoms with E-state index in [0.717, 1.165) is 6.42 Å². The lowest BCUT2D eigenvalue weighted by molar-refractivity contribution is 0.103. The molecule has 0 fully saturated rings. The van der Waals surface area contributed by atoms with Gasteiger partial charge in [0.2, 0.25) is 0 Å². The lowest BCUT2D eigenvalue weighted by Crippen LogP contribution is -2.03. The second-order valence-corrected chi connectivity index (χ2v) is 5.16. The van der Waals surface area contributed by atoms with Crippen LogP contribution < -0.4 is 4.74 Å². The van der Waals surface area contributed by atoms with Gasteiger partial charge in [0.05, 0.1) is 17.2 Å². The molecule has 0 bridgehead atoms. The standard InChI is InChI=1S/C16H14Cl2O2/c1-3-10-4-6-11(7-5-10)16(19)12-8-14(18)15(20-2)9-13(12)17/h4-9H,3H2,1-2H3. The van der Waals surface area contributed by atoms with Crippen LogP contribution >= 0.6 is 23.2 Å². The number of rotatable bonds is 4. The molecule has 0 aliphatic rings. The largest absolute Gasteiger partial charge is 0.495 e. The summed E-state index contributed by atoms with van der Waals surface area (Å²) in [6.45, 7) is 2.07. The summed E-state index contributed by atoms with van der Waals surface area (Å²) in [6.07, 6.45) is 0.934. The van der Waals surface area contributed by atoms with Gasteiger partial charge in [-0.05, 0) is 18.1 Å². The summed E-state index contributed by atoms with van der Waals surface area (Å²) in [6, 6.07) is 10.6. The van der Waals surface area contributed by atoms with Crippen LogP contribution in [-0.2, 0) is 6.42 Å². The predicted molar refractivity (Wildman–Crippen MR) is 82.3 cm³/mol. The summed E-state index contributed by atoms with van der Waals surface area (Å²) in [7, 11) is 1.50. The maximum atomic E-state index is 12.4. The number of ether oxygens (including phenoxy) is 1. The molecule has 0 heterocycles. The Labute approximate surface area is 128 Å². The SMILES string of the molecule is CCc1ccc(C(=O)c2cc(Cl)c(OC)cc2Cl)cc1. The second-order valence-electron chi connectivity index (χ2n) is 4.35. The molecule has 0 N–H and O–H groups in total. The van der Waals surface area contributed by atoms with E-state index in [-0.39, 0.29) is 5.78 Å². The minimum absolute atomic E-state index is 0.151. The number of halogens is 2. The molecule has 104 valence electrons. The molecule has 0 saturated carbocycles. The third-order valence-electron chi connectivity index (χ3n) is 3.11. The molecule has 0 unspecified atom stereocenters. The minimum Gasteiger partial charge on any atom is -0.495 e. The highest BCUT2D eigenvalue weighted by Crippen LogP contribution is 2.32. The highest BCUT2D eigenvalue weighted by molar-refractivity contribution is 6.37. The first-order chi connectivity index (χ1) is 9.56. The molecule has 2 aromatic rings. The zero-order valence-electron chi connectivity index (χ0n) is 11.2. The average molecular weight is 309 g/mol. The molecular weight excluding hydrogens is 295 g/mol. The normalized spacial score (nSPS) is 10.4. The van der Waals surface area contributed by atoms with E-state index in [4.69, 9.17) is 27.9 Å². The van der Waals surface area contributed by atoms with Gasteiger partial charge in [-0.1, -0.05) is 54.4 Å². The molecule has 0 aromatic heterocycles. The highest BCUT2D eigenvalue weighted by atomic mass is 35.5. The number of hydrogen-bond acceptors (Lipinski definition) is 2. The maximum Gasteiger partial charge on any atom is 0.194 e. The first-order valence-electron chi connectivity index (χ1n) is 6.23. The number of carbonyl (C=O) groups is 1. The Hall–Kier alpha value is -1.51. The van der Waals surface area contributed by atoms with Crippen molar-refractivity contribution in [3.05, 3.63) is 63.1 Å². The van der Waals surface area contributed by atoms with Gasteiger partial charge in [0.25, 0.3) is 0 Å². The van der Waals surface area contributed by atoms with E-state index in [1.165, 1.54) is 12.7 Å². The first-order valence-corrected chi connectivity index (χ1v) is 6.99. The van der Waals surface area contributed by atoms with Crippen molar-refractivity contribution in [1.82, 2.24) is 0 Å². The van der Waals surface area contributed by atoms with Crippen LogP contribution in [-0.4, -0.2) is 12.9 Å². The van der Waals surface area contributed by atoms with Crippen LogP contribution in [0.1, 0.15) is 28.4 Å². The number of benzene rings is 2. The summed E-state index contributed by atoms with van der Waals surface area (Å²) < 4.78 is 5.07. The minimum atomic E-state index is -0.151. The van der Waals surface area contributed by atoms with Gasteiger partial charge < -0.3 is 4.74 Å². The number of methoxy groups -OCH3 is 1. The Kier molecular flexibility index (Phi) is 4.69. The lowest BCUT2D eigenvalue weighted by Gasteiger charge is -2.08. The third kappa shape index (κ3) is 2.97. The fourth-order valence-corrected chi connectivity index (χ4v) is 2.39. The number of hydrogen-bond donors (Lipinski definition) is 0. The van der Waals surface area contributed by atoms with Crippen LogP contribution in [0.25, 0.3) is 0 Å². The molecular formula is C16H14Cl2O2. The zero-order valence-corrected chi connectivity index (χ0v) is 12.8. The number of aryl methyl sites for hydroxylation is 1. The van der Waals surface area contributed by atoms with E-state index in [0.29, 0.717) is 26.9 Å². The van der Waals surface area contributed by atoms with E-state index < -0.39 is 0 Å². The fourth-order valence-electron chi connectivity index (χ4n) is 1.91. The van der Waals surface area contributed by atoms with Gasteiger partial charge in [-0.25, -0.2) is 0 Å². The van der Waals surface area contributed by atoms with Gasteiger partial charge >= 0.3 is 0 Å². The van der Waals surface area contributed by atoms with Crippen LogP contribution in [0.4, 0.5) is 0 Å². The van der Waals surface area contributed by atoms with Crippen LogP contribution in [0.5, 0.6) is 5.75 Å². The monoisotopic (exact) mass is 308 g/mol. The lowest BCUT2D eigenvalue weighted by atomic mass is 10.0. The summed E-state index contributed by atoms with van der Waals surface area (Å²) in [5, 5.41) is 0.696. The van der Waals surface area contributed by atoms with E-state index in [1.54, 1.807) is 24.3 Å². The van der Waals surface area contributed by atoms with Gasteiger partial charge in [0, 0.05) is 17.2 Å². The topological polar surface area (TPSA) is 26.3 Å². The van der Waals surface area contributed by atoms with Gasteiger partial charge in [-0.3, -0.25) is 4.79 Å². The number of carbonyl (C=O) groups excluding carboxylic acids is 1. The quantitative estimate of drug-likeness (QED) is 0.759. The van der Waals surface area contributed by atoms with Gasteiger partial charge in [-0.2, -0.15) is 0 Å². The molecule has 0 aliphatic heterocycles. The van der Waals surface area contributed by atoms with Crippen LogP contribution in [0, 0.1) is 0 Å². The Morgan fingerprint density at radius 1 is 1.10 bits per heavy atom. The van der Waals surface area contributed by atoms with Gasteiger partial charge in [0.15, 0.2) is 5.78 Å². The van der Waals surface area contributed by atoms with Crippen molar-refractivity contribution in [2.24, 2.45) is 0 Å². The Bertz CT molecular complexity index is 634. The fraction of sp³-hybridized carbons (Fsp3) is 0.188. The summed E-state index contributed by atoms with van der Waals surface area (Å²) >= 11 is 12.2. The zero-order chi connectivity index (χ0) is 14.7. The maximum absolute atomic E-state index is 12.4. The van der Waals surface area contributed by atoms with E-state index >= 15 is 0 Å².